The third-order valence-electron chi connectivity index (χ3n) is 7.42. The highest BCUT2D eigenvalue weighted by molar-refractivity contribution is 6.30. The van der Waals surface area contributed by atoms with E-state index in [4.69, 9.17) is 21.1 Å². The van der Waals surface area contributed by atoms with Gasteiger partial charge in [0.15, 0.2) is 0 Å². The van der Waals surface area contributed by atoms with E-state index < -0.39 is 29.8 Å². The van der Waals surface area contributed by atoms with E-state index in [1.807, 2.05) is 13.8 Å². The van der Waals surface area contributed by atoms with Crippen molar-refractivity contribution in [2.45, 2.75) is 65.1 Å². The number of halogens is 1. The average molecular weight is 629 g/mol. The number of nitrogens with zero attached hydrogens (tertiary/aromatic N) is 2. The highest BCUT2D eigenvalue weighted by atomic mass is 35.5. The molecule has 2 aromatic carbocycles. The summed E-state index contributed by atoms with van der Waals surface area (Å²) in [5.41, 5.74) is 0.228. The minimum absolute atomic E-state index is 0.118. The number of fused-ring (bicyclic) bond motifs is 1. The van der Waals surface area contributed by atoms with Gasteiger partial charge in [-0.1, -0.05) is 51.4 Å². The third-order valence-corrected chi connectivity index (χ3v) is 7.67. The maximum atomic E-state index is 13.8. The van der Waals surface area contributed by atoms with E-state index in [1.54, 1.807) is 67.5 Å². The maximum Gasteiger partial charge on any atom is 0.255 e. The lowest BCUT2D eigenvalue weighted by atomic mass is 9.99. The molecule has 0 unspecified atom stereocenters. The molecule has 0 aliphatic carbocycles. The summed E-state index contributed by atoms with van der Waals surface area (Å²) in [5, 5.41) is 6.19. The van der Waals surface area contributed by atoms with Crippen LogP contribution in [0.1, 0.15) is 57.3 Å². The van der Waals surface area contributed by atoms with Crippen molar-refractivity contribution in [3.63, 3.8) is 0 Å². The van der Waals surface area contributed by atoms with Crippen LogP contribution in [0.3, 0.4) is 0 Å². The van der Waals surface area contributed by atoms with Crippen molar-refractivity contribution in [2.24, 2.45) is 11.8 Å². The Labute approximate surface area is 265 Å². The molecule has 240 valence electrons. The van der Waals surface area contributed by atoms with Crippen LogP contribution < -0.4 is 20.1 Å². The zero-order chi connectivity index (χ0) is 32.4. The Morgan fingerprint density at radius 3 is 2.34 bits per heavy atom. The van der Waals surface area contributed by atoms with Crippen molar-refractivity contribution >= 4 is 35.2 Å². The standard InChI is InChI=1S/C33H45ClN4O6/c1-21(2)17-24-20-44-29-10-8-7-9-26(29)31(40)36-28(19-30(39)35-27(18-22(3)4)33(42)38(24)6)32(41)37(5)15-16-43-25-13-11-23(34)12-14-25/h7-14,21-22,24,27-28H,15-20H2,1-6H3,(H,35,39)(H,36,40)/t24-,27+,28+/m1/s1. The molecule has 11 heteroatoms. The van der Waals surface area contributed by atoms with E-state index in [9.17, 15) is 19.2 Å². The average Bonchev–Trinajstić information content (AvgIpc) is 2.97. The van der Waals surface area contributed by atoms with Crippen molar-refractivity contribution in [1.82, 2.24) is 20.4 Å². The summed E-state index contributed by atoms with van der Waals surface area (Å²) < 4.78 is 11.9. The summed E-state index contributed by atoms with van der Waals surface area (Å²) in [7, 11) is 3.30. The van der Waals surface area contributed by atoms with E-state index in [-0.39, 0.29) is 55.5 Å². The Hall–Kier alpha value is -3.79. The summed E-state index contributed by atoms with van der Waals surface area (Å²) >= 11 is 5.93. The zero-order valence-electron chi connectivity index (χ0n) is 26.5. The molecule has 1 aliphatic rings. The minimum Gasteiger partial charge on any atom is -0.492 e. The van der Waals surface area contributed by atoms with Gasteiger partial charge in [-0.25, -0.2) is 0 Å². The molecule has 0 saturated carbocycles. The monoisotopic (exact) mass is 628 g/mol. The van der Waals surface area contributed by atoms with Gasteiger partial charge in [0.05, 0.1) is 24.6 Å². The first-order valence-electron chi connectivity index (χ1n) is 15.1. The first-order chi connectivity index (χ1) is 20.8. The van der Waals surface area contributed by atoms with Gasteiger partial charge in [-0.15, -0.1) is 0 Å². The number of ether oxygens (including phenoxy) is 2. The molecule has 0 aromatic heterocycles. The molecule has 1 aliphatic heterocycles. The van der Waals surface area contributed by atoms with Gasteiger partial charge in [0.25, 0.3) is 5.91 Å². The number of rotatable bonds is 9. The number of benzene rings is 2. The van der Waals surface area contributed by atoms with Gasteiger partial charge in [0, 0.05) is 19.1 Å². The van der Waals surface area contributed by atoms with Crippen LogP contribution in [0.2, 0.25) is 5.02 Å². The molecule has 2 aromatic rings. The number of carbonyl (C=O) groups is 4. The van der Waals surface area contributed by atoms with Crippen LogP contribution in [-0.4, -0.2) is 85.4 Å². The lowest BCUT2D eigenvalue weighted by Gasteiger charge is -2.34. The number of hydrogen-bond acceptors (Lipinski definition) is 6. The molecule has 1 heterocycles. The van der Waals surface area contributed by atoms with E-state index in [1.165, 1.54) is 4.90 Å². The summed E-state index contributed by atoms with van der Waals surface area (Å²) in [4.78, 5) is 57.3. The molecule has 0 radical (unpaired) electrons. The fourth-order valence-corrected chi connectivity index (χ4v) is 5.17. The largest absolute Gasteiger partial charge is 0.492 e. The molecule has 10 nitrogen and oxygen atoms in total. The van der Waals surface area contributed by atoms with E-state index >= 15 is 0 Å². The smallest absolute Gasteiger partial charge is 0.255 e. The van der Waals surface area contributed by atoms with Crippen LogP contribution in [0, 0.1) is 11.8 Å². The molecule has 4 amide bonds. The van der Waals surface area contributed by atoms with Crippen molar-refractivity contribution in [2.75, 3.05) is 33.9 Å². The Balaban J connectivity index is 1.88. The SMILES string of the molecule is CC(C)C[C@@H]1COc2ccccc2C(=O)N[C@H](C(=O)N(C)CCOc2ccc(Cl)cc2)CC(=O)N[C@@H](CC(C)C)C(=O)N1C. The van der Waals surface area contributed by atoms with Crippen LogP contribution >= 0.6 is 11.6 Å². The van der Waals surface area contributed by atoms with Crippen LogP contribution in [0.5, 0.6) is 11.5 Å². The van der Waals surface area contributed by atoms with Crippen LogP contribution in [0.15, 0.2) is 48.5 Å². The second-order valence-corrected chi connectivity index (χ2v) is 12.5. The van der Waals surface area contributed by atoms with E-state index in [2.05, 4.69) is 24.5 Å². The molecule has 3 atom stereocenters. The Morgan fingerprint density at radius 1 is 1.02 bits per heavy atom. The van der Waals surface area contributed by atoms with Gasteiger partial charge in [-0.2, -0.15) is 0 Å². The minimum atomic E-state index is -1.19. The van der Waals surface area contributed by atoms with Crippen LogP contribution in [0.25, 0.3) is 0 Å². The highest BCUT2D eigenvalue weighted by Gasteiger charge is 2.33. The van der Waals surface area contributed by atoms with Gasteiger partial charge in [0.2, 0.25) is 17.7 Å². The van der Waals surface area contributed by atoms with Crippen LogP contribution in [0.4, 0.5) is 0 Å². The highest BCUT2D eigenvalue weighted by Crippen LogP contribution is 2.22. The van der Waals surface area contributed by atoms with Crippen molar-refractivity contribution in [3.8, 4) is 11.5 Å². The molecule has 44 heavy (non-hydrogen) atoms. The predicted octanol–water partition coefficient (Wildman–Crippen LogP) is 4.16. The third kappa shape index (κ3) is 10.1. The second kappa shape index (κ2) is 16.3. The molecular formula is C33H45ClN4O6. The Bertz CT molecular complexity index is 1290. The molecule has 0 saturated heterocycles. The molecule has 0 fully saturated rings. The van der Waals surface area contributed by atoms with Crippen LogP contribution in [-0.2, 0) is 14.4 Å². The molecule has 0 bridgehead atoms. The Morgan fingerprint density at radius 2 is 1.68 bits per heavy atom. The lowest BCUT2D eigenvalue weighted by molar-refractivity contribution is -0.139. The number of amides is 4. The van der Waals surface area contributed by atoms with E-state index in [0.29, 0.717) is 29.4 Å². The van der Waals surface area contributed by atoms with Gasteiger partial charge < -0.3 is 29.9 Å². The zero-order valence-corrected chi connectivity index (χ0v) is 27.2. The fraction of sp³-hybridized carbons (Fsp3) is 0.515. The lowest BCUT2D eigenvalue weighted by Crippen LogP contribution is -2.55. The topological polar surface area (TPSA) is 117 Å². The number of para-hydroxylation sites is 1. The number of nitrogens with one attached hydrogen (secondary N) is 2. The summed E-state index contributed by atoms with van der Waals surface area (Å²) in [6, 6.07) is 11.3. The normalized spacial score (nSPS) is 19.9. The quantitative estimate of drug-likeness (QED) is 0.431. The Kier molecular flexibility index (Phi) is 12.9. The molecule has 2 N–H and O–H groups in total. The first-order valence-corrected chi connectivity index (χ1v) is 15.5. The maximum absolute atomic E-state index is 13.8. The predicted molar refractivity (Wildman–Crippen MR) is 170 cm³/mol. The second-order valence-electron chi connectivity index (χ2n) is 12.1. The molecular weight excluding hydrogens is 584 g/mol. The van der Waals surface area contributed by atoms with Gasteiger partial charge in [-0.3, -0.25) is 19.2 Å². The first kappa shape index (κ1) is 34.7. The number of carbonyl (C=O) groups excluding carboxylic acids is 4. The fourth-order valence-electron chi connectivity index (χ4n) is 5.05. The van der Waals surface area contributed by atoms with Crippen molar-refractivity contribution < 1.29 is 28.7 Å². The summed E-state index contributed by atoms with van der Waals surface area (Å²) in [6.45, 7) is 8.63. The molecule has 3 rings (SSSR count). The summed E-state index contributed by atoms with van der Waals surface area (Å²) in [6.07, 6.45) is 0.737. The van der Waals surface area contributed by atoms with E-state index in [0.717, 1.165) is 0 Å². The number of hydrogen-bond donors (Lipinski definition) is 2. The van der Waals surface area contributed by atoms with Crippen molar-refractivity contribution in [3.05, 3.63) is 59.1 Å². The van der Waals surface area contributed by atoms with Gasteiger partial charge in [0.1, 0.15) is 36.8 Å². The summed E-state index contributed by atoms with van der Waals surface area (Å²) in [5.74, 6) is -0.437. The number of likely N-dealkylation sites (N-methyl/N-ethyl adjacent to an activating group) is 2. The molecule has 0 spiro atoms. The van der Waals surface area contributed by atoms with Crippen molar-refractivity contribution in [1.29, 1.82) is 0 Å². The van der Waals surface area contributed by atoms with Gasteiger partial charge in [-0.05, 0) is 61.1 Å². The van der Waals surface area contributed by atoms with Gasteiger partial charge >= 0.3 is 0 Å².